The first-order chi connectivity index (χ1) is 9.22. The van der Waals surface area contributed by atoms with Crippen LogP contribution in [0.4, 0.5) is 4.79 Å². The number of aryl methyl sites for hydroxylation is 1. The van der Waals surface area contributed by atoms with Crippen molar-refractivity contribution < 1.29 is 14.3 Å². The standard InChI is InChI=1S/C15H19NO3/c1-18-10-3-2-6-13-7-4-8-14(12-13)9-5-11-19-15(16)17/h4,7-8,12H,3,5,9-11H2,1H3,(H2,16,17). The molecule has 0 heterocycles. The van der Waals surface area contributed by atoms with Crippen molar-refractivity contribution in [3.63, 3.8) is 0 Å². The van der Waals surface area contributed by atoms with Gasteiger partial charge in [-0.05, 0) is 30.5 Å². The fourth-order valence-electron chi connectivity index (χ4n) is 1.57. The Morgan fingerprint density at radius 1 is 1.37 bits per heavy atom. The minimum atomic E-state index is -0.724. The van der Waals surface area contributed by atoms with Gasteiger partial charge in [-0.1, -0.05) is 24.0 Å². The molecule has 19 heavy (non-hydrogen) atoms. The molecule has 0 saturated heterocycles. The Bertz CT molecular complexity index is 460. The maximum absolute atomic E-state index is 10.4. The van der Waals surface area contributed by atoms with Crippen LogP contribution in [0.15, 0.2) is 24.3 Å². The highest BCUT2D eigenvalue weighted by Crippen LogP contribution is 2.07. The van der Waals surface area contributed by atoms with E-state index in [0.717, 1.165) is 24.8 Å². The second-order valence-corrected chi connectivity index (χ2v) is 4.02. The van der Waals surface area contributed by atoms with Gasteiger partial charge in [0, 0.05) is 19.1 Å². The van der Waals surface area contributed by atoms with Crippen LogP contribution in [0.3, 0.4) is 0 Å². The van der Waals surface area contributed by atoms with Gasteiger partial charge in [0.05, 0.1) is 13.2 Å². The number of methoxy groups -OCH3 is 1. The summed E-state index contributed by atoms with van der Waals surface area (Å²) in [5.74, 6) is 6.14. The van der Waals surface area contributed by atoms with Gasteiger partial charge in [0.2, 0.25) is 0 Å². The number of benzene rings is 1. The maximum Gasteiger partial charge on any atom is 0.404 e. The molecule has 1 rings (SSSR count). The number of carbonyl (C=O) groups excluding carboxylic acids is 1. The van der Waals surface area contributed by atoms with Gasteiger partial charge in [-0.25, -0.2) is 4.79 Å². The number of nitrogens with two attached hydrogens (primary N) is 1. The molecule has 0 aliphatic carbocycles. The van der Waals surface area contributed by atoms with Crippen molar-refractivity contribution in [3.8, 4) is 11.8 Å². The van der Waals surface area contributed by atoms with Gasteiger partial charge in [0.25, 0.3) is 0 Å². The number of ether oxygens (including phenoxy) is 2. The topological polar surface area (TPSA) is 61.6 Å². The fraction of sp³-hybridized carbons (Fsp3) is 0.400. The third-order valence-corrected chi connectivity index (χ3v) is 2.45. The van der Waals surface area contributed by atoms with Crippen LogP contribution in [0.2, 0.25) is 0 Å². The van der Waals surface area contributed by atoms with Gasteiger partial charge in [0.1, 0.15) is 0 Å². The molecule has 0 aliphatic rings. The number of amides is 1. The largest absolute Gasteiger partial charge is 0.450 e. The van der Waals surface area contributed by atoms with Crippen molar-refractivity contribution >= 4 is 6.09 Å². The van der Waals surface area contributed by atoms with Crippen molar-refractivity contribution in [3.05, 3.63) is 35.4 Å². The third-order valence-electron chi connectivity index (χ3n) is 2.45. The van der Waals surface area contributed by atoms with Crippen LogP contribution in [0.5, 0.6) is 0 Å². The van der Waals surface area contributed by atoms with E-state index in [4.69, 9.17) is 10.5 Å². The SMILES string of the molecule is COCCC#Cc1cccc(CCCOC(N)=O)c1. The molecule has 0 aromatic heterocycles. The number of primary amides is 1. The summed E-state index contributed by atoms with van der Waals surface area (Å²) in [5, 5.41) is 0. The lowest BCUT2D eigenvalue weighted by atomic mass is 10.1. The van der Waals surface area contributed by atoms with Crippen molar-refractivity contribution in [2.45, 2.75) is 19.3 Å². The summed E-state index contributed by atoms with van der Waals surface area (Å²) in [6, 6.07) is 8.03. The zero-order valence-corrected chi connectivity index (χ0v) is 11.1. The van der Waals surface area contributed by atoms with Gasteiger partial charge in [0.15, 0.2) is 0 Å². The first-order valence-corrected chi connectivity index (χ1v) is 6.21. The number of rotatable bonds is 6. The summed E-state index contributed by atoms with van der Waals surface area (Å²) >= 11 is 0. The zero-order chi connectivity index (χ0) is 13.9. The van der Waals surface area contributed by atoms with E-state index in [2.05, 4.69) is 16.6 Å². The lowest BCUT2D eigenvalue weighted by Gasteiger charge is -2.02. The number of hydrogen-bond donors (Lipinski definition) is 1. The third kappa shape index (κ3) is 7.12. The molecule has 1 amide bonds. The van der Waals surface area contributed by atoms with Crippen LogP contribution >= 0.6 is 0 Å². The predicted octanol–water partition coefficient (Wildman–Crippen LogP) is 2.10. The van der Waals surface area contributed by atoms with Crippen LogP contribution in [-0.2, 0) is 15.9 Å². The highest BCUT2D eigenvalue weighted by Gasteiger charge is 1.97. The minimum absolute atomic E-state index is 0.346. The van der Waals surface area contributed by atoms with E-state index in [1.165, 1.54) is 5.56 Å². The van der Waals surface area contributed by atoms with Crippen LogP contribution in [0, 0.1) is 11.8 Å². The molecule has 0 aliphatic heterocycles. The number of carbonyl (C=O) groups is 1. The molecule has 0 fully saturated rings. The van der Waals surface area contributed by atoms with Gasteiger partial charge in [-0.15, -0.1) is 0 Å². The van der Waals surface area contributed by atoms with Crippen LogP contribution in [-0.4, -0.2) is 26.4 Å². The molecule has 4 heteroatoms. The van der Waals surface area contributed by atoms with E-state index >= 15 is 0 Å². The Hall–Kier alpha value is -1.99. The fourth-order valence-corrected chi connectivity index (χ4v) is 1.57. The molecule has 0 bridgehead atoms. The van der Waals surface area contributed by atoms with Crippen LogP contribution < -0.4 is 5.73 Å². The minimum Gasteiger partial charge on any atom is -0.450 e. The Balaban J connectivity index is 2.42. The normalized spacial score (nSPS) is 9.53. The molecular weight excluding hydrogens is 242 g/mol. The van der Waals surface area contributed by atoms with E-state index in [0.29, 0.717) is 13.2 Å². The molecule has 2 N–H and O–H groups in total. The van der Waals surface area contributed by atoms with E-state index < -0.39 is 6.09 Å². The second-order valence-electron chi connectivity index (χ2n) is 4.02. The van der Waals surface area contributed by atoms with Gasteiger partial charge in [-0.3, -0.25) is 0 Å². The molecular formula is C15H19NO3. The van der Waals surface area contributed by atoms with Gasteiger partial charge in [-0.2, -0.15) is 0 Å². The lowest BCUT2D eigenvalue weighted by molar-refractivity contribution is 0.155. The van der Waals surface area contributed by atoms with E-state index in [-0.39, 0.29) is 0 Å². The molecule has 0 radical (unpaired) electrons. The summed E-state index contributed by atoms with van der Waals surface area (Å²) in [5.41, 5.74) is 7.05. The smallest absolute Gasteiger partial charge is 0.404 e. The molecule has 0 unspecified atom stereocenters. The van der Waals surface area contributed by atoms with Crippen LogP contribution in [0.25, 0.3) is 0 Å². The average Bonchev–Trinajstić information content (AvgIpc) is 2.40. The molecule has 1 aromatic rings. The van der Waals surface area contributed by atoms with Gasteiger partial charge < -0.3 is 15.2 Å². The summed E-state index contributed by atoms with van der Waals surface area (Å²) in [7, 11) is 1.66. The Kier molecular flexibility index (Phi) is 7.14. The summed E-state index contributed by atoms with van der Waals surface area (Å²) in [6.45, 7) is 0.996. The first-order valence-electron chi connectivity index (χ1n) is 6.21. The Morgan fingerprint density at radius 2 is 2.21 bits per heavy atom. The van der Waals surface area contributed by atoms with E-state index in [9.17, 15) is 4.79 Å². The van der Waals surface area contributed by atoms with E-state index in [1.54, 1.807) is 7.11 Å². The van der Waals surface area contributed by atoms with Crippen molar-refractivity contribution in [2.24, 2.45) is 5.73 Å². The van der Waals surface area contributed by atoms with Crippen molar-refractivity contribution in [1.82, 2.24) is 0 Å². The van der Waals surface area contributed by atoms with Crippen LogP contribution in [0.1, 0.15) is 24.0 Å². The predicted molar refractivity (Wildman–Crippen MR) is 73.7 cm³/mol. The summed E-state index contributed by atoms with van der Waals surface area (Å²) < 4.78 is 9.62. The molecule has 0 saturated carbocycles. The molecule has 1 aromatic carbocycles. The highest BCUT2D eigenvalue weighted by atomic mass is 16.5. The van der Waals surface area contributed by atoms with E-state index in [1.807, 2.05) is 24.3 Å². The zero-order valence-electron chi connectivity index (χ0n) is 11.1. The number of hydrogen-bond acceptors (Lipinski definition) is 3. The second kappa shape index (κ2) is 9.01. The monoisotopic (exact) mass is 261 g/mol. The van der Waals surface area contributed by atoms with Crippen molar-refractivity contribution in [1.29, 1.82) is 0 Å². The Labute approximate surface area is 113 Å². The summed E-state index contributed by atoms with van der Waals surface area (Å²) in [6.07, 6.45) is 1.59. The average molecular weight is 261 g/mol. The summed E-state index contributed by atoms with van der Waals surface area (Å²) in [4.78, 5) is 10.4. The highest BCUT2D eigenvalue weighted by molar-refractivity contribution is 5.64. The van der Waals surface area contributed by atoms with Gasteiger partial charge >= 0.3 is 6.09 Å². The molecule has 0 atom stereocenters. The Morgan fingerprint density at radius 3 is 2.95 bits per heavy atom. The molecule has 4 nitrogen and oxygen atoms in total. The first kappa shape index (κ1) is 15.1. The van der Waals surface area contributed by atoms with Crippen molar-refractivity contribution in [2.75, 3.05) is 20.3 Å². The maximum atomic E-state index is 10.4. The lowest BCUT2D eigenvalue weighted by Crippen LogP contribution is -2.13. The molecule has 102 valence electrons. The quantitative estimate of drug-likeness (QED) is 0.630. The molecule has 0 spiro atoms.